The highest BCUT2D eigenvalue weighted by molar-refractivity contribution is 6.03. The Balaban J connectivity index is 1.48. The zero-order valence-electron chi connectivity index (χ0n) is 21.8. The van der Waals surface area contributed by atoms with Gasteiger partial charge in [0, 0.05) is 36.3 Å². The third kappa shape index (κ3) is 4.35. The van der Waals surface area contributed by atoms with Gasteiger partial charge in [-0.1, -0.05) is 36.3 Å². The van der Waals surface area contributed by atoms with Crippen molar-refractivity contribution >= 4 is 28.1 Å². The number of hydrogen-bond acceptors (Lipinski definition) is 5. The fourth-order valence-corrected chi connectivity index (χ4v) is 4.78. The second-order valence-corrected chi connectivity index (χ2v) is 9.35. The van der Waals surface area contributed by atoms with Crippen molar-refractivity contribution in [2.45, 2.75) is 13.0 Å². The number of aryl methyl sites for hydroxylation is 1. The first-order valence-corrected chi connectivity index (χ1v) is 12.6. The van der Waals surface area contributed by atoms with Gasteiger partial charge < -0.3 is 11.1 Å². The van der Waals surface area contributed by atoms with Crippen molar-refractivity contribution < 1.29 is 9.31 Å². The number of pyridine rings is 1. The van der Waals surface area contributed by atoms with Crippen LogP contribution in [0.2, 0.25) is 0 Å². The molecule has 0 saturated heterocycles. The molecule has 4 aromatic heterocycles. The minimum atomic E-state index is -0.564. The number of carbonyl (C=O) groups excluding carboxylic acids is 1. The molecule has 1 atom stereocenters. The zero-order valence-corrected chi connectivity index (χ0v) is 21.8. The summed E-state index contributed by atoms with van der Waals surface area (Å²) in [5, 5.41) is 11.4. The number of anilines is 1. The SMILES string of the molecule is CC(NC(=O)c1c(N)[nH][n+]2cccnc12)c1cc2cccc(C#Cc3ccn(C)n3)c2c(=O)n1-c1ccccc1. The highest BCUT2D eigenvalue weighted by Gasteiger charge is 2.27. The van der Waals surface area contributed by atoms with Crippen molar-refractivity contribution in [1.29, 1.82) is 0 Å². The lowest BCUT2D eigenvalue weighted by Crippen LogP contribution is -2.33. The topological polar surface area (TPSA) is 128 Å². The number of amides is 1. The van der Waals surface area contributed by atoms with E-state index in [1.165, 1.54) is 0 Å². The van der Waals surface area contributed by atoms with Crippen LogP contribution in [0.15, 0.2) is 90.1 Å². The molecule has 0 spiro atoms. The van der Waals surface area contributed by atoms with E-state index in [1.54, 1.807) is 32.2 Å². The van der Waals surface area contributed by atoms with Gasteiger partial charge in [-0.05, 0) is 53.5 Å². The first-order chi connectivity index (χ1) is 19.4. The molecule has 2 aromatic carbocycles. The predicted molar refractivity (Wildman–Crippen MR) is 151 cm³/mol. The lowest BCUT2D eigenvalue weighted by atomic mass is 10.0. The summed E-state index contributed by atoms with van der Waals surface area (Å²) < 4.78 is 4.87. The van der Waals surface area contributed by atoms with Crippen molar-refractivity contribution in [2.24, 2.45) is 7.05 Å². The van der Waals surface area contributed by atoms with Crippen molar-refractivity contribution in [3.05, 3.63) is 118 Å². The number of carbonyl (C=O) groups is 1. The third-order valence-corrected chi connectivity index (χ3v) is 6.63. The molecule has 40 heavy (non-hydrogen) atoms. The minimum absolute atomic E-state index is 0.193. The maximum absolute atomic E-state index is 14.2. The molecule has 0 aliphatic carbocycles. The first kappa shape index (κ1) is 24.6. The summed E-state index contributed by atoms with van der Waals surface area (Å²) in [6.07, 6.45) is 5.13. The Morgan fingerprint density at radius 1 is 1.10 bits per heavy atom. The van der Waals surface area contributed by atoms with E-state index < -0.39 is 11.9 Å². The van der Waals surface area contributed by atoms with Crippen LogP contribution in [-0.4, -0.2) is 30.3 Å². The average Bonchev–Trinajstić information content (AvgIpc) is 3.53. The van der Waals surface area contributed by atoms with Gasteiger partial charge in [0.15, 0.2) is 11.4 Å². The smallest absolute Gasteiger partial charge is 0.362 e. The van der Waals surface area contributed by atoms with Crippen molar-refractivity contribution in [3.63, 3.8) is 0 Å². The summed E-state index contributed by atoms with van der Waals surface area (Å²) in [4.78, 5) is 31.9. The number of nitrogens with zero attached hydrogens (tertiary/aromatic N) is 5. The van der Waals surface area contributed by atoms with Gasteiger partial charge in [0.05, 0.1) is 11.4 Å². The monoisotopic (exact) mass is 529 g/mol. The van der Waals surface area contributed by atoms with Gasteiger partial charge in [-0.25, -0.2) is 5.10 Å². The number of H-pyrrole nitrogens is 1. The van der Waals surface area contributed by atoms with Crippen LogP contribution in [0.5, 0.6) is 0 Å². The molecule has 1 amide bonds. The quantitative estimate of drug-likeness (QED) is 0.239. The molecular formula is C30H25N8O2+. The van der Waals surface area contributed by atoms with Crippen molar-refractivity contribution in [2.75, 3.05) is 5.73 Å². The van der Waals surface area contributed by atoms with Gasteiger partial charge in [-0.15, -0.1) is 4.52 Å². The molecule has 1 unspecified atom stereocenters. The second kappa shape index (κ2) is 9.89. The van der Waals surface area contributed by atoms with Gasteiger partial charge in [0.2, 0.25) is 0 Å². The Kier molecular flexibility index (Phi) is 6.09. The first-order valence-electron chi connectivity index (χ1n) is 12.6. The lowest BCUT2D eigenvalue weighted by molar-refractivity contribution is -0.577. The van der Waals surface area contributed by atoms with Crippen molar-refractivity contribution in [3.8, 4) is 17.5 Å². The molecule has 10 heteroatoms. The van der Waals surface area contributed by atoms with Crippen LogP contribution in [0.4, 0.5) is 5.82 Å². The molecule has 0 bridgehead atoms. The van der Waals surface area contributed by atoms with Crippen LogP contribution in [0, 0.1) is 11.8 Å². The molecular weight excluding hydrogens is 504 g/mol. The lowest BCUT2D eigenvalue weighted by Gasteiger charge is -2.21. The number of nitrogen functional groups attached to an aromatic ring is 1. The highest BCUT2D eigenvalue weighted by Crippen LogP contribution is 2.24. The zero-order chi connectivity index (χ0) is 27.8. The van der Waals surface area contributed by atoms with Gasteiger partial charge >= 0.3 is 5.65 Å². The number of para-hydroxylation sites is 1. The summed E-state index contributed by atoms with van der Waals surface area (Å²) >= 11 is 0. The average molecular weight is 530 g/mol. The fraction of sp³-hybridized carbons (Fsp3) is 0.100. The number of nitrogens with one attached hydrogen (secondary N) is 2. The summed E-state index contributed by atoms with van der Waals surface area (Å²) in [5.74, 6) is 5.95. The molecule has 4 N–H and O–H groups in total. The number of aromatic nitrogens is 6. The van der Waals surface area contributed by atoms with E-state index in [4.69, 9.17) is 5.73 Å². The van der Waals surface area contributed by atoms with Crippen LogP contribution in [-0.2, 0) is 7.05 Å². The van der Waals surface area contributed by atoms with Crippen LogP contribution >= 0.6 is 0 Å². The minimum Gasteiger partial charge on any atom is -0.382 e. The largest absolute Gasteiger partial charge is 0.382 e. The Morgan fingerprint density at radius 2 is 1.93 bits per heavy atom. The van der Waals surface area contributed by atoms with Crippen molar-refractivity contribution in [1.82, 2.24) is 29.7 Å². The van der Waals surface area contributed by atoms with Crippen LogP contribution < -0.4 is 21.1 Å². The molecule has 4 heterocycles. The van der Waals surface area contributed by atoms with E-state index in [0.717, 1.165) is 0 Å². The van der Waals surface area contributed by atoms with E-state index in [9.17, 15) is 9.59 Å². The molecule has 0 aliphatic rings. The maximum atomic E-state index is 14.2. The number of nitrogens with two attached hydrogens (primary N) is 1. The molecule has 6 rings (SSSR count). The molecule has 0 saturated carbocycles. The standard InChI is InChI=1S/C30H24N8O2/c1-19(33-29(39)26-27(31)35-37-16-7-15-32-28(26)37)24-18-21-9-6-8-20(12-13-22-14-17-36(2)34-22)25(21)30(40)38(24)23-10-4-3-5-11-23/h3-11,14-19H,1-2H3,(H3,31,33,35,39)/p+1. The van der Waals surface area contributed by atoms with E-state index >= 15 is 0 Å². The molecule has 0 aliphatic heterocycles. The molecule has 10 nitrogen and oxygen atoms in total. The van der Waals surface area contributed by atoms with Gasteiger partial charge in [-0.3, -0.25) is 18.8 Å². The fourth-order valence-electron chi connectivity index (χ4n) is 4.78. The Bertz CT molecular complexity index is 2030. The van der Waals surface area contributed by atoms with Gasteiger partial charge in [-0.2, -0.15) is 5.10 Å². The number of aromatic amines is 1. The summed E-state index contributed by atoms with van der Waals surface area (Å²) in [6, 6.07) is 19.8. The Hall–Kier alpha value is -5.69. The Labute approximate surface area is 228 Å². The normalized spacial score (nSPS) is 11.8. The number of hydrogen-bond donors (Lipinski definition) is 3. The molecule has 0 radical (unpaired) electrons. The van der Waals surface area contributed by atoms with E-state index in [0.29, 0.717) is 39.1 Å². The maximum Gasteiger partial charge on any atom is 0.362 e. The number of rotatable bonds is 4. The molecule has 6 aromatic rings. The second-order valence-electron chi connectivity index (χ2n) is 9.35. The number of fused-ring (bicyclic) bond motifs is 2. The summed E-state index contributed by atoms with van der Waals surface area (Å²) in [5.41, 5.74) is 8.99. The number of benzene rings is 2. The summed E-state index contributed by atoms with van der Waals surface area (Å²) in [7, 11) is 1.82. The highest BCUT2D eigenvalue weighted by atomic mass is 16.2. The third-order valence-electron chi connectivity index (χ3n) is 6.63. The van der Waals surface area contributed by atoms with E-state index in [2.05, 4.69) is 32.3 Å². The predicted octanol–water partition coefficient (Wildman–Crippen LogP) is 2.66. The molecule has 0 fully saturated rings. The van der Waals surface area contributed by atoms with Gasteiger partial charge in [0.25, 0.3) is 11.5 Å². The molecule has 196 valence electrons. The van der Waals surface area contributed by atoms with Crippen LogP contribution in [0.3, 0.4) is 0 Å². The summed E-state index contributed by atoms with van der Waals surface area (Å²) in [6.45, 7) is 1.83. The van der Waals surface area contributed by atoms with Gasteiger partial charge in [0.1, 0.15) is 18.1 Å². The van der Waals surface area contributed by atoms with E-state index in [1.807, 2.05) is 80.8 Å². The van der Waals surface area contributed by atoms with E-state index in [-0.39, 0.29) is 16.9 Å². The van der Waals surface area contributed by atoms with Crippen LogP contribution in [0.25, 0.3) is 22.1 Å². The Morgan fingerprint density at radius 3 is 2.70 bits per heavy atom. The van der Waals surface area contributed by atoms with Crippen LogP contribution in [0.1, 0.15) is 40.3 Å².